The highest BCUT2D eigenvalue weighted by Gasteiger charge is 2.13. The Labute approximate surface area is 162 Å². The van der Waals surface area contributed by atoms with Crippen LogP contribution in [0.3, 0.4) is 0 Å². The van der Waals surface area contributed by atoms with Gasteiger partial charge in [-0.05, 0) is 43.3 Å². The Bertz CT molecular complexity index is 901. The molecule has 0 bridgehead atoms. The van der Waals surface area contributed by atoms with Crippen molar-refractivity contribution < 1.29 is 9.53 Å². The van der Waals surface area contributed by atoms with E-state index in [1.807, 2.05) is 62.1 Å². The minimum absolute atomic E-state index is 0.0869. The van der Waals surface area contributed by atoms with Crippen molar-refractivity contribution in [3.05, 3.63) is 54.1 Å². The quantitative estimate of drug-likeness (QED) is 0.604. The molecule has 0 aliphatic rings. The van der Waals surface area contributed by atoms with Crippen molar-refractivity contribution in [3.63, 3.8) is 0 Å². The zero-order valence-corrected chi connectivity index (χ0v) is 16.5. The fourth-order valence-corrected chi connectivity index (χ4v) is 3.33. The molecule has 0 fully saturated rings. The van der Waals surface area contributed by atoms with Crippen molar-refractivity contribution in [3.8, 4) is 5.75 Å². The summed E-state index contributed by atoms with van der Waals surface area (Å²) in [5.74, 6) is 1.83. The van der Waals surface area contributed by atoms with E-state index in [9.17, 15) is 4.79 Å². The van der Waals surface area contributed by atoms with Crippen LogP contribution in [0.2, 0.25) is 0 Å². The van der Waals surface area contributed by atoms with Crippen molar-refractivity contribution in [2.24, 2.45) is 14.1 Å². The SMILES string of the molecule is CCOc1ccc(NC(=O)CSc2nnc(Cc3cccn3C)n2C)cc1. The van der Waals surface area contributed by atoms with Crippen LogP contribution in [-0.2, 0) is 25.3 Å². The van der Waals surface area contributed by atoms with Gasteiger partial charge in [-0.15, -0.1) is 10.2 Å². The Hall–Kier alpha value is -2.74. The monoisotopic (exact) mass is 385 g/mol. The minimum atomic E-state index is -0.0869. The van der Waals surface area contributed by atoms with Crippen LogP contribution in [0.4, 0.5) is 5.69 Å². The molecule has 0 spiro atoms. The molecule has 0 aliphatic carbocycles. The average molecular weight is 385 g/mol. The van der Waals surface area contributed by atoms with Crippen molar-refractivity contribution >= 4 is 23.4 Å². The second kappa shape index (κ2) is 8.77. The lowest BCUT2D eigenvalue weighted by Gasteiger charge is -2.07. The number of ether oxygens (including phenoxy) is 1. The predicted molar refractivity (Wildman–Crippen MR) is 106 cm³/mol. The summed E-state index contributed by atoms with van der Waals surface area (Å²) in [6.07, 6.45) is 2.71. The molecule has 1 aromatic carbocycles. The van der Waals surface area contributed by atoms with E-state index in [2.05, 4.69) is 26.1 Å². The third-order valence-electron chi connectivity index (χ3n) is 4.10. The molecule has 2 heterocycles. The maximum Gasteiger partial charge on any atom is 0.234 e. The number of rotatable bonds is 8. The van der Waals surface area contributed by atoms with Crippen molar-refractivity contribution in [2.45, 2.75) is 18.5 Å². The van der Waals surface area contributed by atoms with Gasteiger partial charge >= 0.3 is 0 Å². The van der Waals surface area contributed by atoms with Crippen LogP contribution in [-0.4, -0.2) is 37.6 Å². The number of anilines is 1. The molecular weight excluding hydrogens is 362 g/mol. The largest absolute Gasteiger partial charge is 0.494 e. The van der Waals surface area contributed by atoms with Crippen LogP contribution >= 0.6 is 11.8 Å². The van der Waals surface area contributed by atoms with Gasteiger partial charge < -0.3 is 19.2 Å². The normalized spacial score (nSPS) is 10.8. The number of amides is 1. The Morgan fingerprint density at radius 1 is 1.19 bits per heavy atom. The molecule has 0 saturated carbocycles. The number of aryl methyl sites for hydroxylation is 1. The standard InChI is InChI=1S/C19H23N5O2S/c1-4-26-16-9-7-14(8-10-16)20-18(25)13-27-19-22-21-17(24(19)3)12-15-6-5-11-23(15)2/h5-11H,4,12-13H2,1-3H3,(H,20,25). The van der Waals surface area contributed by atoms with Gasteiger partial charge in [-0.2, -0.15) is 0 Å². The summed E-state index contributed by atoms with van der Waals surface area (Å²) in [5.41, 5.74) is 1.90. The molecule has 0 atom stereocenters. The van der Waals surface area contributed by atoms with Gasteiger partial charge in [-0.1, -0.05) is 11.8 Å². The fraction of sp³-hybridized carbons (Fsp3) is 0.316. The Balaban J connectivity index is 1.53. The zero-order chi connectivity index (χ0) is 19.2. The number of aromatic nitrogens is 4. The van der Waals surface area contributed by atoms with Crippen LogP contribution in [0, 0.1) is 0 Å². The Morgan fingerprint density at radius 2 is 1.96 bits per heavy atom. The lowest BCUT2D eigenvalue weighted by molar-refractivity contribution is -0.113. The molecule has 0 unspecified atom stereocenters. The molecule has 8 heteroatoms. The first-order chi connectivity index (χ1) is 13.1. The smallest absolute Gasteiger partial charge is 0.234 e. The molecule has 142 valence electrons. The number of carbonyl (C=O) groups is 1. The second-order valence-electron chi connectivity index (χ2n) is 6.04. The summed E-state index contributed by atoms with van der Waals surface area (Å²) in [5, 5.41) is 12.1. The summed E-state index contributed by atoms with van der Waals surface area (Å²) < 4.78 is 9.39. The molecule has 0 aliphatic heterocycles. The van der Waals surface area contributed by atoms with Crippen LogP contribution in [0.15, 0.2) is 47.8 Å². The number of thioether (sulfide) groups is 1. The lowest BCUT2D eigenvalue weighted by Crippen LogP contribution is -2.14. The van der Waals surface area contributed by atoms with E-state index < -0.39 is 0 Å². The van der Waals surface area contributed by atoms with Gasteiger partial charge in [0.1, 0.15) is 11.6 Å². The number of nitrogens with one attached hydrogen (secondary N) is 1. The molecular formula is C19H23N5O2S. The first kappa shape index (κ1) is 19.0. The number of benzene rings is 1. The second-order valence-corrected chi connectivity index (χ2v) is 6.98. The summed E-state index contributed by atoms with van der Waals surface area (Å²) in [7, 11) is 3.93. The topological polar surface area (TPSA) is 74.0 Å². The van der Waals surface area contributed by atoms with Crippen molar-refractivity contribution in [1.29, 1.82) is 0 Å². The maximum atomic E-state index is 12.2. The molecule has 3 rings (SSSR count). The van der Waals surface area contributed by atoms with Gasteiger partial charge in [0, 0.05) is 38.1 Å². The molecule has 2 aromatic heterocycles. The summed E-state index contributed by atoms with van der Waals surface area (Å²) in [6, 6.07) is 11.4. The van der Waals surface area contributed by atoms with Crippen molar-refractivity contribution in [2.75, 3.05) is 17.7 Å². The average Bonchev–Trinajstić information content (AvgIpc) is 3.22. The first-order valence-corrected chi connectivity index (χ1v) is 9.69. The van der Waals surface area contributed by atoms with Crippen molar-refractivity contribution in [1.82, 2.24) is 19.3 Å². The Kier molecular flexibility index (Phi) is 6.18. The molecule has 27 heavy (non-hydrogen) atoms. The van der Waals surface area contributed by atoms with Gasteiger partial charge in [0.15, 0.2) is 5.16 Å². The van der Waals surface area contributed by atoms with Gasteiger partial charge in [-0.3, -0.25) is 4.79 Å². The third kappa shape index (κ3) is 4.91. The van der Waals surface area contributed by atoms with Gasteiger partial charge in [0.05, 0.1) is 12.4 Å². The minimum Gasteiger partial charge on any atom is -0.494 e. The number of carbonyl (C=O) groups excluding carboxylic acids is 1. The van der Waals surface area contributed by atoms with E-state index in [-0.39, 0.29) is 11.7 Å². The molecule has 0 saturated heterocycles. The van der Waals surface area contributed by atoms with Gasteiger partial charge in [0.2, 0.25) is 5.91 Å². The first-order valence-electron chi connectivity index (χ1n) is 8.70. The van der Waals surface area contributed by atoms with Crippen LogP contribution in [0.1, 0.15) is 18.4 Å². The summed E-state index contributed by atoms with van der Waals surface area (Å²) in [6.45, 7) is 2.55. The third-order valence-corrected chi connectivity index (χ3v) is 5.12. The highest BCUT2D eigenvalue weighted by Crippen LogP contribution is 2.19. The number of hydrogen-bond donors (Lipinski definition) is 1. The summed E-state index contributed by atoms with van der Waals surface area (Å²) in [4.78, 5) is 12.2. The van der Waals surface area contributed by atoms with E-state index >= 15 is 0 Å². The lowest BCUT2D eigenvalue weighted by atomic mass is 10.3. The van der Waals surface area contributed by atoms with E-state index in [0.29, 0.717) is 13.0 Å². The van der Waals surface area contributed by atoms with E-state index in [4.69, 9.17) is 4.74 Å². The summed E-state index contributed by atoms with van der Waals surface area (Å²) >= 11 is 1.37. The number of hydrogen-bond acceptors (Lipinski definition) is 5. The predicted octanol–water partition coefficient (Wildman–Crippen LogP) is 2.87. The zero-order valence-electron chi connectivity index (χ0n) is 15.7. The van der Waals surface area contributed by atoms with Crippen LogP contribution in [0.25, 0.3) is 0 Å². The molecule has 1 amide bonds. The van der Waals surface area contributed by atoms with Crippen LogP contribution in [0.5, 0.6) is 5.75 Å². The molecule has 0 radical (unpaired) electrons. The van der Waals surface area contributed by atoms with E-state index in [1.165, 1.54) is 11.8 Å². The van der Waals surface area contributed by atoms with Gasteiger partial charge in [-0.25, -0.2) is 0 Å². The fourth-order valence-electron chi connectivity index (χ4n) is 2.60. The maximum absolute atomic E-state index is 12.2. The van der Waals surface area contributed by atoms with Gasteiger partial charge in [0.25, 0.3) is 0 Å². The van der Waals surface area contributed by atoms with Crippen LogP contribution < -0.4 is 10.1 Å². The van der Waals surface area contributed by atoms with E-state index in [1.54, 1.807) is 0 Å². The molecule has 7 nitrogen and oxygen atoms in total. The number of nitrogens with zero attached hydrogens (tertiary/aromatic N) is 4. The Morgan fingerprint density at radius 3 is 2.63 bits per heavy atom. The molecule has 3 aromatic rings. The van der Waals surface area contributed by atoms with E-state index in [0.717, 1.165) is 28.1 Å². The highest BCUT2D eigenvalue weighted by atomic mass is 32.2. The highest BCUT2D eigenvalue weighted by molar-refractivity contribution is 7.99. The molecule has 1 N–H and O–H groups in total.